The normalized spacial score (nSPS) is 13.3. The second-order valence-corrected chi connectivity index (χ2v) is 7.78. The third-order valence-electron chi connectivity index (χ3n) is 5.79. The second kappa shape index (κ2) is 9.92. The number of hydrogen-bond donors (Lipinski definition) is 1. The fraction of sp³-hybridized carbons (Fsp3) is 0.542. The van der Waals surface area contributed by atoms with Gasteiger partial charge in [-0.2, -0.15) is 0 Å². The number of nitrogens with zero attached hydrogens (tertiary/aromatic N) is 2. The molecule has 0 atom stereocenters. The lowest BCUT2D eigenvalue weighted by Gasteiger charge is -2.21. The number of carbonyl (C=O) groups excluding carboxylic acids is 1. The molecule has 1 aliphatic rings. The van der Waals surface area contributed by atoms with Crippen LogP contribution in [-0.4, -0.2) is 29.0 Å². The van der Waals surface area contributed by atoms with Crippen molar-refractivity contribution in [2.75, 3.05) is 19.0 Å². The number of benzene rings is 1. The van der Waals surface area contributed by atoms with Crippen LogP contribution in [-0.2, 0) is 19.4 Å². The second-order valence-electron chi connectivity index (χ2n) is 7.78. The summed E-state index contributed by atoms with van der Waals surface area (Å²) in [5.41, 5.74) is 3.85. The van der Waals surface area contributed by atoms with Crippen LogP contribution in [0.2, 0.25) is 0 Å². The van der Waals surface area contributed by atoms with Gasteiger partial charge in [0.2, 0.25) is 0 Å². The molecular formula is C24H33N3O3. The number of fused-ring (bicyclic) bond motifs is 1. The summed E-state index contributed by atoms with van der Waals surface area (Å²) in [6, 6.07) is 3.81. The third kappa shape index (κ3) is 4.27. The number of unbranched alkanes of at least 4 members (excludes halogenated alkanes) is 2. The quantitative estimate of drug-likeness (QED) is 0.610. The number of rotatable bonds is 9. The molecular weight excluding hydrogens is 378 g/mol. The highest BCUT2D eigenvalue weighted by molar-refractivity contribution is 5.99. The first kappa shape index (κ1) is 22.1. The Hall–Kier alpha value is -2.63. The summed E-state index contributed by atoms with van der Waals surface area (Å²) in [5.74, 6) is 1.35. The summed E-state index contributed by atoms with van der Waals surface area (Å²) in [6.07, 6.45) is 6.24. The Labute approximate surface area is 178 Å². The van der Waals surface area contributed by atoms with Crippen molar-refractivity contribution >= 4 is 11.5 Å². The predicted molar refractivity (Wildman–Crippen MR) is 121 cm³/mol. The maximum atomic E-state index is 13.3. The minimum atomic E-state index is -0.0494. The Kier molecular flexibility index (Phi) is 7.29. The molecule has 3 rings (SSSR count). The molecule has 162 valence electrons. The van der Waals surface area contributed by atoms with E-state index in [9.17, 15) is 9.59 Å². The summed E-state index contributed by atoms with van der Waals surface area (Å²) < 4.78 is 7.33. The molecule has 1 aromatic carbocycles. The van der Waals surface area contributed by atoms with Gasteiger partial charge in [0.15, 0.2) is 5.78 Å². The Morgan fingerprint density at radius 2 is 1.90 bits per heavy atom. The van der Waals surface area contributed by atoms with Gasteiger partial charge in [0, 0.05) is 25.1 Å². The van der Waals surface area contributed by atoms with E-state index >= 15 is 0 Å². The van der Waals surface area contributed by atoms with Crippen LogP contribution >= 0.6 is 0 Å². The van der Waals surface area contributed by atoms with Gasteiger partial charge in [-0.25, -0.2) is 4.98 Å². The van der Waals surface area contributed by atoms with Crippen molar-refractivity contribution < 1.29 is 9.53 Å². The minimum absolute atomic E-state index is 0.0494. The third-order valence-corrected chi connectivity index (χ3v) is 5.79. The molecule has 1 heterocycles. The number of ketones is 1. The van der Waals surface area contributed by atoms with Crippen LogP contribution in [0.5, 0.6) is 5.75 Å². The van der Waals surface area contributed by atoms with Crippen LogP contribution in [0.25, 0.3) is 11.4 Å². The molecule has 0 spiro atoms. The number of Topliss-reactive ketones (excluding diaryl/α,β-unsaturated/α-hetero) is 1. The van der Waals surface area contributed by atoms with Crippen LogP contribution < -0.4 is 15.6 Å². The van der Waals surface area contributed by atoms with Crippen LogP contribution in [0.4, 0.5) is 5.69 Å². The minimum Gasteiger partial charge on any atom is -0.496 e. The van der Waals surface area contributed by atoms with Gasteiger partial charge in [-0.3, -0.25) is 14.2 Å². The number of methoxy groups -OCH3 is 1. The fourth-order valence-corrected chi connectivity index (χ4v) is 4.13. The monoisotopic (exact) mass is 411 g/mol. The van der Waals surface area contributed by atoms with E-state index in [1.54, 1.807) is 11.7 Å². The van der Waals surface area contributed by atoms with Gasteiger partial charge < -0.3 is 10.1 Å². The molecule has 0 saturated carbocycles. The number of nitrogens with one attached hydrogen (secondary N) is 1. The summed E-state index contributed by atoms with van der Waals surface area (Å²) >= 11 is 0. The zero-order valence-corrected chi connectivity index (χ0v) is 18.6. The van der Waals surface area contributed by atoms with Crippen molar-refractivity contribution in [2.24, 2.45) is 0 Å². The molecule has 0 bridgehead atoms. The number of aryl methyl sites for hydroxylation is 2. The lowest BCUT2D eigenvalue weighted by Crippen LogP contribution is -2.28. The van der Waals surface area contributed by atoms with Crippen molar-refractivity contribution in [1.82, 2.24) is 9.55 Å². The topological polar surface area (TPSA) is 73.2 Å². The van der Waals surface area contributed by atoms with Crippen molar-refractivity contribution in [3.8, 4) is 17.1 Å². The van der Waals surface area contributed by atoms with Crippen LogP contribution in [0, 0.1) is 0 Å². The predicted octanol–water partition coefficient (Wildman–Crippen LogP) is 4.62. The first-order valence-corrected chi connectivity index (χ1v) is 11.2. The first-order chi connectivity index (χ1) is 14.5. The molecule has 0 unspecified atom stereocenters. The van der Waals surface area contributed by atoms with Crippen LogP contribution in [0.3, 0.4) is 0 Å². The fourth-order valence-electron chi connectivity index (χ4n) is 4.13. The molecule has 30 heavy (non-hydrogen) atoms. The van der Waals surface area contributed by atoms with Crippen LogP contribution in [0.15, 0.2) is 16.9 Å². The summed E-state index contributed by atoms with van der Waals surface area (Å²) in [5, 5.41) is 3.33. The number of hydrogen-bond acceptors (Lipinski definition) is 5. The molecule has 0 amide bonds. The maximum absolute atomic E-state index is 13.3. The molecule has 0 aliphatic heterocycles. The highest BCUT2D eigenvalue weighted by Crippen LogP contribution is 2.35. The average Bonchev–Trinajstić information content (AvgIpc) is 2.76. The van der Waals surface area contributed by atoms with Gasteiger partial charge in [0.25, 0.3) is 5.56 Å². The molecule has 2 aromatic rings. The van der Waals surface area contributed by atoms with E-state index in [0.717, 1.165) is 61.0 Å². The zero-order valence-electron chi connectivity index (χ0n) is 18.6. The van der Waals surface area contributed by atoms with Crippen LogP contribution in [0.1, 0.15) is 74.5 Å². The lowest BCUT2D eigenvalue weighted by atomic mass is 9.88. The van der Waals surface area contributed by atoms with Crippen molar-refractivity contribution in [2.45, 2.75) is 72.3 Å². The highest BCUT2D eigenvalue weighted by atomic mass is 16.5. The number of carbonyl (C=O) groups is 1. The van der Waals surface area contributed by atoms with E-state index in [0.29, 0.717) is 36.6 Å². The Morgan fingerprint density at radius 3 is 2.57 bits per heavy atom. The molecule has 1 N–H and O–H groups in total. The highest BCUT2D eigenvalue weighted by Gasteiger charge is 2.24. The van der Waals surface area contributed by atoms with E-state index < -0.39 is 0 Å². The summed E-state index contributed by atoms with van der Waals surface area (Å²) in [4.78, 5) is 30.6. The van der Waals surface area contributed by atoms with Crippen molar-refractivity contribution in [3.05, 3.63) is 39.3 Å². The Morgan fingerprint density at radius 1 is 1.10 bits per heavy atom. The van der Waals surface area contributed by atoms with Crippen molar-refractivity contribution in [1.29, 1.82) is 0 Å². The SMILES string of the molecule is CCCCCNc1c(CC)nc(-c2cc3c(cc2OC)C(=O)CCC3)n(CC)c1=O. The van der Waals surface area contributed by atoms with E-state index in [4.69, 9.17) is 9.72 Å². The van der Waals surface area contributed by atoms with E-state index in [2.05, 4.69) is 12.2 Å². The largest absolute Gasteiger partial charge is 0.496 e. The van der Waals surface area contributed by atoms with E-state index in [1.165, 1.54) is 0 Å². The summed E-state index contributed by atoms with van der Waals surface area (Å²) in [6.45, 7) is 7.41. The van der Waals surface area contributed by atoms with Crippen molar-refractivity contribution in [3.63, 3.8) is 0 Å². The molecule has 0 radical (unpaired) electrons. The molecule has 0 fully saturated rings. The van der Waals surface area contributed by atoms with Gasteiger partial charge in [0.05, 0.1) is 18.4 Å². The Bertz CT molecular complexity index is 979. The van der Waals surface area contributed by atoms with Gasteiger partial charge in [-0.15, -0.1) is 0 Å². The van der Waals surface area contributed by atoms with E-state index in [-0.39, 0.29) is 11.3 Å². The number of ether oxygens (including phenoxy) is 1. The lowest BCUT2D eigenvalue weighted by molar-refractivity contribution is 0.0972. The van der Waals surface area contributed by atoms with E-state index in [1.807, 2.05) is 26.0 Å². The summed E-state index contributed by atoms with van der Waals surface area (Å²) in [7, 11) is 1.59. The number of aromatic nitrogens is 2. The number of anilines is 1. The molecule has 1 aliphatic carbocycles. The maximum Gasteiger partial charge on any atom is 0.277 e. The molecule has 6 nitrogen and oxygen atoms in total. The van der Waals surface area contributed by atoms with Gasteiger partial charge in [-0.05, 0) is 50.3 Å². The smallest absolute Gasteiger partial charge is 0.277 e. The molecule has 6 heteroatoms. The van der Waals surface area contributed by atoms with Gasteiger partial charge in [0.1, 0.15) is 17.3 Å². The zero-order chi connectivity index (χ0) is 21.7. The van der Waals surface area contributed by atoms with Gasteiger partial charge in [-0.1, -0.05) is 26.7 Å². The molecule has 1 aromatic heterocycles. The first-order valence-electron chi connectivity index (χ1n) is 11.2. The Balaban J connectivity index is 2.13. The average molecular weight is 412 g/mol. The standard InChI is InChI=1S/C24H33N3O3/c1-5-8-9-13-25-22-19(6-2)26-23(27(7-3)24(22)29)18-14-16-11-10-12-20(28)17(16)15-21(18)30-4/h14-15,25H,5-13H2,1-4H3. The van der Waals surface area contributed by atoms with Gasteiger partial charge >= 0.3 is 0 Å². The molecule has 0 saturated heterocycles.